The van der Waals surface area contributed by atoms with Crippen LogP contribution in [-0.2, 0) is 14.2 Å². The van der Waals surface area contributed by atoms with Gasteiger partial charge in [0.2, 0.25) is 0 Å². The quantitative estimate of drug-likeness (QED) is 0.683. The van der Waals surface area contributed by atoms with Gasteiger partial charge >= 0.3 is 0 Å². The number of ether oxygens (including phenoxy) is 3. The van der Waals surface area contributed by atoms with Crippen molar-refractivity contribution in [2.24, 2.45) is 0 Å². The van der Waals surface area contributed by atoms with Gasteiger partial charge in [0.15, 0.2) is 6.29 Å². The molecule has 2 saturated heterocycles. The van der Waals surface area contributed by atoms with Crippen LogP contribution in [0, 0.1) is 0 Å². The van der Waals surface area contributed by atoms with E-state index in [0.717, 1.165) is 32.5 Å². The highest BCUT2D eigenvalue weighted by Gasteiger charge is 2.23. The zero-order valence-electron chi connectivity index (χ0n) is 8.91. The van der Waals surface area contributed by atoms with Gasteiger partial charge in [0, 0.05) is 6.61 Å². The van der Waals surface area contributed by atoms with Gasteiger partial charge in [-0.1, -0.05) is 0 Å². The standard InChI is InChI=1S/C11H20O3/c1-9-5-6-10(8-13-9)14-11-4-2-3-7-12-11/h9-11H,2-8H2,1H3. The maximum atomic E-state index is 5.83. The third-order valence-corrected chi connectivity index (χ3v) is 2.94. The maximum Gasteiger partial charge on any atom is 0.158 e. The summed E-state index contributed by atoms with van der Waals surface area (Å²) < 4.78 is 16.9. The van der Waals surface area contributed by atoms with Crippen LogP contribution in [0.3, 0.4) is 0 Å². The summed E-state index contributed by atoms with van der Waals surface area (Å²) in [4.78, 5) is 0. The van der Waals surface area contributed by atoms with Gasteiger partial charge in [0.25, 0.3) is 0 Å². The Morgan fingerprint density at radius 1 is 1.07 bits per heavy atom. The number of hydrogen-bond acceptors (Lipinski definition) is 3. The molecule has 0 radical (unpaired) electrons. The van der Waals surface area contributed by atoms with Crippen molar-refractivity contribution in [1.82, 2.24) is 0 Å². The van der Waals surface area contributed by atoms with Crippen molar-refractivity contribution < 1.29 is 14.2 Å². The zero-order chi connectivity index (χ0) is 9.80. The zero-order valence-corrected chi connectivity index (χ0v) is 8.91. The first kappa shape index (κ1) is 10.4. The van der Waals surface area contributed by atoms with Crippen molar-refractivity contribution in [1.29, 1.82) is 0 Å². The molecule has 3 atom stereocenters. The van der Waals surface area contributed by atoms with Crippen molar-refractivity contribution >= 4 is 0 Å². The second kappa shape index (κ2) is 5.10. The fraction of sp³-hybridized carbons (Fsp3) is 1.00. The Hall–Kier alpha value is -0.120. The molecule has 0 N–H and O–H groups in total. The molecule has 0 aromatic carbocycles. The van der Waals surface area contributed by atoms with E-state index < -0.39 is 0 Å². The molecule has 0 spiro atoms. The second-order valence-corrected chi connectivity index (χ2v) is 4.28. The molecule has 14 heavy (non-hydrogen) atoms. The van der Waals surface area contributed by atoms with Crippen LogP contribution < -0.4 is 0 Å². The highest BCUT2D eigenvalue weighted by atomic mass is 16.7. The molecule has 0 bridgehead atoms. The van der Waals surface area contributed by atoms with Gasteiger partial charge in [-0.3, -0.25) is 0 Å². The Labute approximate surface area is 85.7 Å². The van der Waals surface area contributed by atoms with E-state index >= 15 is 0 Å². The SMILES string of the molecule is CC1CCC(OC2CCCCO2)CO1. The van der Waals surface area contributed by atoms with Gasteiger partial charge in [-0.25, -0.2) is 0 Å². The van der Waals surface area contributed by atoms with E-state index in [0.29, 0.717) is 6.10 Å². The van der Waals surface area contributed by atoms with Crippen molar-refractivity contribution in [3.63, 3.8) is 0 Å². The Bertz CT molecular complexity index is 158. The molecule has 2 aliphatic heterocycles. The fourth-order valence-corrected chi connectivity index (χ4v) is 2.00. The van der Waals surface area contributed by atoms with Crippen LogP contribution in [0.25, 0.3) is 0 Å². The first-order valence-electron chi connectivity index (χ1n) is 5.73. The van der Waals surface area contributed by atoms with Gasteiger partial charge in [-0.05, 0) is 39.0 Å². The third-order valence-electron chi connectivity index (χ3n) is 2.94. The highest BCUT2D eigenvalue weighted by molar-refractivity contribution is 4.68. The predicted octanol–water partition coefficient (Wildman–Crippen LogP) is 2.10. The molecule has 0 amide bonds. The molecule has 0 aliphatic carbocycles. The molecular weight excluding hydrogens is 180 g/mol. The van der Waals surface area contributed by atoms with Crippen LogP contribution in [0.5, 0.6) is 0 Å². The van der Waals surface area contributed by atoms with E-state index in [1.807, 2.05) is 0 Å². The summed E-state index contributed by atoms with van der Waals surface area (Å²) in [6.07, 6.45) is 6.37. The summed E-state index contributed by atoms with van der Waals surface area (Å²) in [6.45, 7) is 3.71. The molecule has 3 nitrogen and oxygen atoms in total. The van der Waals surface area contributed by atoms with E-state index in [-0.39, 0.29) is 12.4 Å². The monoisotopic (exact) mass is 200 g/mol. The van der Waals surface area contributed by atoms with Gasteiger partial charge in [0.1, 0.15) is 0 Å². The topological polar surface area (TPSA) is 27.7 Å². The van der Waals surface area contributed by atoms with Crippen molar-refractivity contribution in [2.75, 3.05) is 13.2 Å². The van der Waals surface area contributed by atoms with Crippen LogP contribution in [0.15, 0.2) is 0 Å². The number of rotatable bonds is 2. The average Bonchev–Trinajstić information content (AvgIpc) is 2.23. The van der Waals surface area contributed by atoms with Crippen molar-refractivity contribution in [2.45, 2.75) is 57.5 Å². The van der Waals surface area contributed by atoms with Crippen LogP contribution in [0.2, 0.25) is 0 Å². The van der Waals surface area contributed by atoms with E-state index in [1.54, 1.807) is 0 Å². The van der Waals surface area contributed by atoms with E-state index in [2.05, 4.69) is 6.92 Å². The molecule has 2 aliphatic rings. The largest absolute Gasteiger partial charge is 0.376 e. The lowest BCUT2D eigenvalue weighted by Gasteiger charge is -2.31. The third kappa shape index (κ3) is 2.94. The second-order valence-electron chi connectivity index (χ2n) is 4.28. The molecule has 82 valence electrons. The average molecular weight is 200 g/mol. The van der Waals surface area contributed by atoms with Crippen LogP contribution in [-0.4, -0.2) is 31.7 Å². The summed E-state index contributed by atoms with van der Waals surface area (Å²) in [5, 5.41) is 0. The van der Waals surface area contributed by atoms with Gasteiger partial charge in [0.05, 0.1) is 18.8 Å². The van der Waals surface area contributed by atoms with Gasteiger partial charge in [-0.2, -0.15) is 0 Å². The minimum Gasteiger partial charge on any atom is -0.376 e. The lowest BCUT2D eigenvalue weighted by Crippen LogP contribution is -2.35. The normalized spacial score (nSPS) is 39.6. The Morgan fingerprint density at radius 2 is 2.00 bits per heavy atom. The predicted molar refractivity (Wildman–Crippen MR) is 53.1 cm³/mol. The fourth-order valence-electron chi connectivity index (χ4n) is 2.00. The van der Waals surface area contributed by atoms with Gasteiger partial charge in [-0.15, -0.1) is 0 Å². The minimum absolute atomic E-state index is 0.0331. The lowest BCUT2D eigenvalue weighted by atomic mass is 10.1. The van der Waals surface area contributed by atoms with Crippen molar-refractivity contribution in [3.8, 4) is 0 Å². The highest BCUT2D eigenvalue weighted by Crippen LogP contribution is 2.21. The smallest absolute Gasteiger partial charge is 0.158 e. The molecule has 2 heterocycles. The molecule has 3 unspecified atom stereocenters. The lowest BCUT2D eigenvalue weighted by molar-refractivity contribution is -0.211. The molecule has 0 aromatic heterocycles. The molecule has 3 heteroatoms. The summed E-state index contributed by atoms with van der Waals surface area (Å²) in [7, 11) is 0. The summed E-state index contributed by atoms with van der Waals surface area (Å²) >= 11 is 0. The Morgan fingerprint density at radius 3 is 2.64 bits per heavy atom. The van der Waals surface area contributed by atoms with E-state index in [1.165, 1.54) is 12.8 Å². The van der Waals surface area contributed by atoms with E-state index in [4.69, 9.17) is 14.2 Å². The van der Waals surface area contributed by atoms with Gasteiger partial charge < -0.3 is 14.2 Å². The first-order chi connectivity index (χ1) is 6.84. The minimum atomic E-state index is 0.0331. The molecule has 2 fully saturated rings. The number of hydrogen-bond donors (Lipinski definition) is 0. The maximum absolute atomic E-state index is 5.83. The van der Waals surface area contributed by atoms with E-state index in [9.17, 15) is 0 Å². The Kier molecular flexibility index (Phi) is 3.79. The summed E-state index contributed by atoms with van der Waals surface area (Å²) in [5.41, 5.74) is 0. The molecule has 2 rings (SSSR count). The molecule has 0 saturated carbocycles. The Balaban J connectivity index is 1.68. The van der Waals surface area contributed by atoms with Crippen molar-refractivity contribution in [3.05, 3.63) is 0 Å². The molecular formula is C11H20O3. The first-order valence-corrected chi connectivity index (χ1v) is 5.73. The summed E-state index contributed by atoms with van der Waals surface area (Å²) in [5.74, 6) is 0. The van der Waals surface area contributed by atoms with Crippen LogP contribution >= 0.6 is 0 Å². The van der Waals surface area contributed by atoms with Crippen LogP contribution in [0.1, 0.15) is 39.0 Å². The van der Waals surface area contributed by atoms with Crippen LogP contribution in [0.4, 0.5) is 0 Å². The summed E-state index contributed by atoms with van der Waals surface area (Å²) in [6, 6.07) is 0. The molecule has 0 aromatic rings.